The molecule has 2 aromatic heterocycles. The van der Waals surface area contributed by atoms with Crippen molar-refractivity contribution in [2.75, 3.05) is 23.3 Å². The Morgan fingerprint density at radius 2 is 1.83 bits per heavy atom. The molecule has 5 heteroatoms. The van der Waals surface area contributed by atoms with E-state index < -0.39 is 0 Å². The number of hydrogen-bond acceptors (Lipinski definition) is 3. The standard InChI is InChI=1S/C18H18N4O/c23-18(16-4-3-12-22-13-9-19-17(16)22)20-14-5-7-15(8-6-14)21-10-1-2-11-21/h3-9,12-13H,1-2,10-11H2,(H,20,23). The summed E-state index contributed by atoms with van der Waals surface area (Å²) >= 11 is 0. The molecular weight excluding hydrogens is 288 g/mol. The van der Waals surface area contributed by atoms with Crippen molar-refractivity contribution in [2.45, 2.75) is 12.8 Å². The number of amides is 1. The molecule has 0 spiro atoms. The first kappa shape index (κ1) is 13.8. The third kappa shape index (κ3) is 2.65. The highest BCUT2D eigenvalue weighted by atomic mass is 16.1. The molecule has 0 aliphatic carbocycles. The van der Waals surface area contributed by atoms with Crippen molar-refractivity contribution in [3.05, 3.63) is 60.6 Å². The second-order valence-electron chi connectivity index (χ2n) is 5.78. The fraction of sp³-hybridized carbons (Fsp3) is 0.222. The largest absolute Gasteiger partial charge is 0.372 e. The van der Waals surface area contributed by atoms with Crippen molar-refractivity contribution >= 4 is 22.9 Å². The lowest BCUT2D eigenvalue weighted by atomic mass is 10.2. The van der Waals surface area contributed by atoms with Gasteiger partial charge in [-0.3, -0.25) is 4.79 Å². The zero-order valence-corrected chi connectivity index (χ0v) is 12.8. The molecule has 3 heterocycles. The molecule has 0 saturated carbocycles. The van der Waals surface area contributed by atoms with E-state index in [1.807, 2.05) is 35.0 Å². The minimum absolute atomic E-state index is 0.143. The number of benzene rings is 1. The van der Waals surface area contributed by atoms with E-state index in [1.54, 1.807) is 12.3 Å². The lowest BCUT2D eigenvalue weighted by Gasteiger charge is -2.17. The van der Waals surface area contributed by atoms with Crippen LogP contribution in [0.1, 0.15) is 23.2 Å². The number of aromatic nitrogens is 2. The molecule has 1 saturated heterocycles. The molecule has 23 heavy (non-hydrogen) atoms. The molecule has 1 aromatic carbocycles. The molecule has 1 fully saturated rings. The van der Waals surface area contributed by atoms with E-state index in [0.29, 0.717) is 11.2 Å². The molecule has 1 N–H and O–H groups in total. The number of anilines is 2. The molecule has 0 bridgehead atoms. The lowest BCUT2D eigenvalue weighted by Crippen LogP contribution is -2.17. The third-order valence-electron chi connectivity index (χ3n) is 4.26. The summed E-state index contributed by atoms with van der Waals surface area (Å²) in [5, 5.41) is 2.95. The Hall–Kier alpha value is -2.82. The second-order valence-corrected chi connectivity index (χ2v) is 5.78. The van der Waals surface area contributed by atoms with Crippen LogP contribution in [-0.2, 0) is 0 Å². The predicted octanol–water partition coefficient (Wildman–Crippen LogP) is 3.19. The Labute approximate surface area is 134 Å². The van der Waals surface area contributed by atoms with Crippen LogP contribution in [0.2, 0.25) is 0 Å². The van der Waals surface area contributed by atoms with E-state index in [0.717, 1.165) is 18.8 Å². The number of nitrogens with one attached hydrogen (secondary N) is 1. The summed E-state index contributed by atoms with van der Waals surface area (Å²) in [6, 6.07) is 11.7. The number of carbonyl (C=O) groups is 1. The summed E-state index contributed by atoms with van der Waals surface area (Å²) in [5.74, 6) is -0.143. The van der Waals surface area contributed by atoms with E-state index in [-0.39, 0.29) is 5.91 Å². The van der Waals surface area contributed by atoms with Crippen molar-refractivity contribution in [3.8, 4) is 0 Å². The van der Waals surface area contributed by atoms with Gasteiger partial charge in [0, 0.05) is 43.1 Å². The average molecular weight is 306 g/mol. The molecule has 1 aliphatic heterocycles. The lowest BCUT2D eigenvalue weighted by molar-refractivity contribution is 0.102. The van der Waals surface area contributed by atoms with Gasteiger partial charge in [-0.2, -0.15) is 0 Å². The molecule has 0 unspecified atom stereocenters. The van der Waals surface area contributed by atoms with E-state index >= 15 is 0 Å². The number of fused-ring (bicyclic) bond motifs is 1. The highest BCUT2D eigenvalue weighted by Gasteiger charge is 2.14. The normalized spacial score (nSPS) is 14.3. The number of hydrogen-bond donors (Lipinski definition) is 1. The molecule has 0 radical (unpaired) electrons. The maximum Gasteiger partial charge on any atom is 0.259 e. The fourth-order valence-corrected chi connectivity index (χ4v) is 3.06. The Kier molecular flexibility index (Phi) is 3.46. The Morgan fingerprint density at radius 3 is 2.61 bits per heavy atom. The van der Waals surface area contributed by atoms with Crippen LogP contribution in [0.5, 0.6) is 0 Å². The van der Waals surface area contributed by atoms with Gasteiger partial charge in [0.1, 0.15) is 5.65 Å². The molecule has 5 nitrogen and oxygen atoms in total. The number of carbonyl (C=O) groups excluding carboxylic acids is 1. The van der Waals surface area contributed by atoms with Gasteiger partial charge in [0.2, 0.25) is 0 Å². The molecule has 4 rings (SSSR count). The smallest absolute Gasteiger partial charge is 0.259 e. The van der Waals surface area contributed by atoms with Gasteiger partial charge in [-0.05, 0) is 49.2 Å². The maximum absolute atomic E-state index is 12.5. The van der Waals surface area contributed by atoms with Gasteiger partial charge >= 0.3 is 0 Å². The quantitative estimate of drug-likeness (QED) is 0.808. The Balaban J connectivity index is 1.53. The Morgan fingerprint density at radius 1 is 1.04 bits per heavy atom. The van der Waals surface area contributed by atoms with Crippen molar-refractivity contribution in [3.63, 3.8) is 0 Å². The molecule has 116 valence electrons. The SMILES string of the molecule is O=C(Nc1ccc(N2CCCC2)cc1)c1cccn2ccnc12. The summed E-state index contributed by atoms with van der Waals surface area (Å²) < 4.78 is 1.84. The van der Waals surface area contributed by atoms with E-state index in [4.69, 9.17) is 0 Å². The number of rotatable bonds is 3. The Bertz CT molecular complexity index is 832. The van der Waals surface area contributed by atoms with Crippen molar-refractivity contribution in [1.29, 1.82) is 0 Å². The van der Waals surface area contributed by atoms with Gasteiger partial charge < -0.3 is 14.6 Å². The highest BCUT2D eigenvalue weighted by Crippen LogP contribution is 2.22. The topological polar surface area (TPSA) is 49.6 Å². The van der Waals surface area contributed by atoms with E-state index in [2.05, 4.69) is 27.3 Å². The van der Waals surface area contributed by atoms with Crippen molar-refractivity contribution in [2.24, 2.45) is 0 Å². The second kappa shape index (κ2) is 5.76. The first-order valence-corrected chi connectivity index (χ1v) is 7.89. The van der Waals surface area contributed by atoms with Crippen LogP contribution in [-0.4, -0.2) is 28.4 Å². The minimum atomic E-state index is -0.143. The highest BCUT2D eigenvalue weighted by molar-refractivity contribution is 6.08. The number of pyridine rings is 1. The zero-order valence-electron chi connectivity index (χ0n) is 12.8. The van der Waals surface area contributed by atoms with Gasteiger partial charge in [-0.25, -0.2) is 4.98 Å². The molecular formula is C18H18N4O. The molecule has 0 atom stereocenters. The zero-order chi connectivity index (χ0) is 15.6. The van der Waals surface area contributed by atoms with E-state index in [9.17, 15) is 4.79 Å². The van der Waals surface area contributed by atoms with Crippen LogP contribution in [0.3, 0.4) is 0 Å². The number of imidazole rings is 1. The summed E-state index contributed by atoms with van der Waals surface area (Å²) in [6.45, 7) is 2.24. The van der Waals surface area contributed by atoms with Crippen LogP contribution in [0.15, 0.2) is 55.0 Å². The molecule has 3 aromatic rings. The van der Waals surface area contributed by atoms with Gasteiger partial charge in [0.25, 0.3) is 5.91 Å². The van der Waals surface area contributed by atoms with E-state index in [1.165, 1.54) is 18.5 Å². The van der Waals surface area contributed by atoms with Crippen molar-refractivity contribution < 1.29 is 4.79 Å². The van der Waals surface area contributed by atoms with Crippen LogP contribution >= 0.6 is 0 Å². The fourth-order valence-electron chi connectivity index (χ4n) is 3.06. The minimum Gasteiger partial charge on any atom is -0.372 e. The van der Waals surface area contributed by atoms with Gasteiger partial charge in [0.15, 0.2) is 0 Å². The van der Waals surface area contributed by atoms with Crippen LogP contribution < -0.4 is 10.2 Å². The van der Waals surface area contributed by atoms with Gasteiger partial charge in [0.05, 0.1) is 5.56 Å². The third-order valence-corrected chi connectivity index (χ3v) is 4.26. The van der Waals surface area contributed by atoms with Crippen molar-refractivity contribution in [1.82, 2.24) is 9.38 Å². The van der Waals surface area contributed by atoms with Gasteiger partial charge in [-0.1, -0.05) is 0 Å². The number of nitrogens with zero attached hydrogens (tertiary/aromatic N) is 3. The first-order valence-electron chi connectivity index (χ1n) is 7.89. The monoisotopic (exact) mass is 306 g/mol. The molecule has 1 amide bonds. The maximum atomic E-state index is 12.5. The average Bonchev–Trinajstić information content (AvgIpc) is 3.26. The summed E-state index contributed by atoms with van der Waals surface area (Å²) in [5.41, 5.74) is 3.25. The summed E-state index contributed by atoms with van der Waals surface area (Å²) in [7, 11) is 0. The van der Waals surface area contributed by atoms with Crippen LogP contribution in [0.4, 0.5) is 11.4 Å². The first-order chi connectivity index (χ1) is 11.3. The summed E-state index contributed by atoms with van der Waals surface area (Å²) in [4.78, 5) is 19.1. The molecule has 1 aliphatic rings. The van der Waals surface area contributed by atoms with Crippen LogP contribution in [0, 0.1) is 0 Å². The van der Waals surface area contributed by atoms with Crippen LogP contribution in [0.25, 0.3) is 5.65 Å². The van der Waals surface area contributed by atoms with Gasteiger partial charge in [-0.15, -0.1) is 0 Å². The summed E-state index contributed by atoms with van der Waals surface area (Å²) in [6.07, 6.45) is 7.91. The predicted molar refractivity (Wildman–Crippen MR) is 91.0 cm³/mol.